The van der Waals surface area contributed by atoms with E-state index in [-0.39, 0.29) is 35.2 Å². The third kappa shape index (κ3) is 1.26. The maximum atomic E-state index is 11.7. The number of rotatable bonds is 0. The molecule has 0 amide bonds. The summed E-state index contributed by atoms with van der Waals surface area (Å²) >= 11 is 6.02. The Kier molecular flexibility index (Phi) is 2.11. The Morgan fingerprint density at radius 2 is 1.75 bits per heavy atom. The molecule has 4 rings (SSSR count). The minimum atomic E-state index is -3.13. The van der Waals surface area contributed by atoms with Gasteiger partial charge < -0.3 is 0 Å². The first-order chi connectivity index (χ1) is 7.50. The fourth-order valence-corrected chi connectivity index (χ4v) is 5.68. The van der Waals surface area contributed by atoms with E-state index in [1.807, 2.05) is 12.2 Å². The van der Waals surface area contributed by atoms with Gasteiger partial charge in [0.1, 0.15) is 4.71 Å². The Morgan fingerprint density at radius 1 is 1.19 bits per heavy atom. The Bertz CT molecular complexity index is 481. The van der Waals surface area contributed by atoms with Crippen LogP contribution in [0.2, 0.25) is 0 Å². The molecule has 3 unspecified atom stereocenters. The number of alkyl halides is 1. The minimum absolute atomic E-state index is 0.0264. The van der Waals surface area contributed by atoms with E-state index in [9.17, 15) is 13.2 Å². The molecule has 0 aromatic carbocycles. The van der Waals surface area contributed by atoms with E-state index in [0.717, 1.165) is 0 Å². The zero-order valence-corrected chi connectivity index (χ0v) is 9.99. The molecule has 16 heavy (non-hydrogen) atoms. The Hall–Kier alpha value is -0.610. The van der Waals surface area contributed by atoms with Crippen molar-refractivity contribution in [2.75, 3.05) is 5.75 Å². The molecule has 86 valence electrons. The van der Waals surface area contributed by atoms with Crippen LogP contribution in [-0.2, 0) is 14.6 Å². The maximum Gasteiger partial charge on any atom is 0.178 e. The van der Waals surface area contributed by atoms with E-state index in [4.69, 9.17) is 11.6 Å². The fourth-order valence-electron chi connectivity index (χ4n) is 3.12. The van der Waals surface area contributed by atoms with Gasteiger partial charge in [0.15, 0.2) is 15.6 Å². The quantitative estimate of drug-likeness (QED) is 0.613. The number of carbonyl (C=O) groups excluding carboxylic acids is 1. The lowest BCUT2D eigenvalue weighted by Gasteiger charge is -2.56. The SMILES string of the molecule is O=C1/C=C\[C@@H]2C3CS(=O)(=O)C(Cl)C2[C@H]3/C=C\1. The van der Waals surface area contributed by atoms with Crippen molar-refractivity contribution in [1.82, 2.24) is 0 Å². The average molecular weight is 259 g/mol. The predicted octanol–water partition coefficient (Wildman–Crippen LogP) is 1.15. The molecule has 0 N–H and O–H groups in total. The van der Waals surface area contributed by atoms with Crippen LogP contribution in [0.3, 0.4) is 0 Å². The van der Waals surface area contributed by atoms with Gasteiger partial charge in [-0.15, -0.1) is 11.6 Å². The van der Waals surface area contributed by atoms with Crippen LogP contribution in [0.4, 0.5) is 0 Å². The molecule has 5 heteroatoms. The number of fused-ring (bicyclic) bond motifs is 2. The van der Waals surface area contributed by atoms with Crippen molar-refractivity contribution in [1.29, 1.82) is 0 Å². The second-order valence-corrected chi connectivity index (χ2v) is 7.59. The van der Waals surface area contributed by atoms with Crippen LogP contribution >= 0.6 is 11.6 Å². The molecule has 1 heterocycles. The molecule has 5 atom stereocenters. The van der Waals surface area contributed by atoms with Gasteiger partial charge in [0.25, 0.3) is 0 Å². The summed E-state index contributed by atoms with van der Waals surface area (Å²) in [7, 11) is -3.13. The first-order valence-electron chi connectivity index (χ1n) is 5.27. The Morgan fingerprint density at radius 3 is 2.25 bits per heavy atom. The molecule has 3 aliphatic carbocycles. The van der Waals surface area contributed by atoms with Gasteiger partial charge in [-0.1, -0.05) is 12.2 Å². The normalized spacial score (nSPS) is 52.1. The lowest BCUT2D eigenvalue weighted by atomic mass is 9.56. The van der Waals surface area contributed by atoms with Crippen LogP contribution in [0.5, 0.6) is 0 Å². The molecule has 4 bridgehead atoms. The average Bonchev–Trinajstić information content (AvgIpc) is 2.16. The molecule has 0 aromatic heterocycles. The monoisotopic (exact) mass is 258 g/mol. The van der Waals surface area contributed by atoms with Crippen LogP contribution in [0.25, 0.3) is 0 Å². The van der Waals surface area contributed by atoms with Gasteiger partial charge in [-0.2, -0.15) is 0 Å². The number of halogens is 1. The second kappa shape index (κ2) is 3.20. The lowest BCUT2D eigenvalue weighted by Crippen LogP contribution is -2.59. The molecule has 0 spiro atoms. The highest BCUT2D eigenvalue weighted by Gasteiger charge is 2.60. The van der Waals surface area contributed by atoms with Gasteiger partial charge in [0.05, 0.1) is 5.75 Å². The van der Waals surface area contributed by atoms with Gasteiger partial charge in [0, 0.05) is 5.92 Å². The van der Waals surface area contributed by atoms with Crippen LogP contribution in [0.1, 0.15) is 0 Å². The van der Waals surface area contributed by atoms with Gasteiger partial charge >= 0.3 is 0 Å². The van der Waals surface area contributed by atoms with Crippen LogP contribution in [-0.4, -0.2) is 24.7 Å². The van der Waals surface area contributed by atoms with E-state index in [1.54, 1.807) is 0 Å². The summed E-state index contributed by atoms with van der Waals surface area (Å²) in [5.74, 6) is 0.503. The number of hydrogen-bond acceptors (Lipinski definition) is 3. The van der Waals surface area contributed by atoms with E-state index < -0.39 is 14.5 Å². The summed E-state index contributed by atoms with van der Waals surface area (Å²) in [6.45, 7) is 0. The molecule has 4 aliphatic rings. The number of ketones is 1. The molecule has 1 saturated heterocycles. The topological polar surface area (TPSA) is 51.2 Å². The third-order valence-corrected chi connectivity index (χ3v) is 6.87. The van der Waals surface area contributed by atoms with Crippen LogP contribution in [0.15, 0.2) is 24.3 Å². The Labute approximate surface area is 99.1 Å². The smallest absolute Gasteiger partial charge is 0.178 e. The van der Waals surface area contributed by atoms with Gasteiger partial charge in [0.2, 0.25) is 0 Å². The van der Waals surface area contributed by atoms with Crippen molar-refractivity contribution in [3.63, 3.8) is 0 Å². The van der Waals surface area contributed by atoms with Crippen molar-refractivity contribution in [3.05, 3.63) is 24.3 Å². The highest BCUT2D eigenvalue weighted by Crippen LogP contribution is 2.57. The largest absolute Gasteiger partial charge is 0.290 e. The van der Waals surface area contributed by atoms with Gasteiger partial charge in [-0.3, -0.25) is 4.79 Å². The third-order valence-electron chi connectivity index (χ3n) is 3.91. The minimum Gasteiger partial charge on any atom is -0.290 e. The van der Waals surface area contributed by atoms with Crippen LogP contribution < -0.4 is 0 Å². The molecule has 1 aliphatic heterocycles. The summed E-state index contributed by atoms with van der Waals surface area (Å²) in [6.07, 6.45) is 6.72. The van der Waals surface area contributed by atoms with Crippen molar-refractivity contribution in [2.45, 2.75) is 4.71 Å². The summed E-state index contributed by atoms with van der Waals surface area (Å²) in [6, 6.07) is 0. The molecule has 2 fully saturated rings. The Balaban J connectivity index is 2.01. The molecular weight excluding hydrogens is 248 g/mol. The molecular formula is C11H11ClO3S. The first kappa shape index (κ1) is 10.5. The van der Waals surface area contributed by atoms with Crippen molar-refractivity contribution in [3.8, 4) is 0 Å². The second-order valence-electron chi connectivity index (χ2n) is 4.70. The van der Waals surface area contributed by atoms with E-state index in [0.29, 0.717) is 0 Å². The maximum absolute atomic E-state index is 11.7. The number of hydrogen-bond donors (Lipinski definition) is 0. The molecule has 0 radical (unpaired) electrons. The first-order valence-corrected chi connectivity index (χ1v) is 7.42. The van der Waals surface area contributed by atoms with Gasteiger partial charge in [-0.05, 0) is 29.9 Å². The number of sulfone groups is 1. The van der Waals surface area contributed by atoms with E-state index >= 15 is 0 Å². The van der Waals surface area contributed by atoms with E-state index in [2.05, 4.69) is 0 Å². The summed E-state index contributed by atoms with van der Waals surface area (Å²) in [5.41, 5.74) is 0. The standard InChI is InChI=1S/C11H11ClO3S/c12-11-10-7-3-1-6(13)2-4-8(10)9(7)5-16(11,14)15/h1-4,7-11H,5H2/b3-1-,4-2-/t7-,8+,9?,10?,11?. The van der Waals surface area contributed by atoms with Gasteiger partial charge in [-0.25, -0.2) is 8.42 Å². The zero-order valence-electron chi connectivity index (χ0n) is 8.41. The molecule has 3 nitrogen and oxygen atoms in total. The lowest BCUT2D eigenvalue weighted by molar-refractivity contribution is -0.110. The van der Waals surface area contributed by atoms with Crippen molar-refractivity contribution in [2.24, 2.45) is 23.7 Å². The summed E-state index contributed by atoms with van der Waals surface area (Å²) in [5, 5.41) is 0. The molecule has 0 aromatic rings. The van der Waals surface area contributed by atoms with E-state index in [1.165, 1.54) is 12.2 Å². The number of carbonyl (C=O) groups is 1. The summed E-state index contributed by atoms with van der Waals surface area (Å²) in [4.78, 5) is 11.2. The van der Waals surface area contributed by atoms with Crippen molar-refractivity contribution < 1.29 is 13.2 Å². The van der Waals surface area contributed by atoms with Crippen molar-refractivity contribution >= 4 is 27.2 Å². The number of allylic oxidation sites excluding steroid dienone is 4. The fraction of sp³-hybridized carbons (Fsp3) is 0.545. The summed E-state index contributed by atoms with van der Waals surface area (Å²) < 4.78 is 22.5. The molecule has 1 saturated carbocycles. The van der Waals surface area contributed by atoms with Crippen LogP contribution in [0, 0.1) is 23.7 Å². The predicted molar refractivity (Wildman–Crippen MR) is 60.7 cm³/mol. The highest BCUT2D eigenvalue weighted by atomic mass is 35.5. The highest BCUT2D eigenvalue weighted by molar-refractivity contribution is 7.93. The zero-order chi connectivity index (χ0) is 11.5.